The summed E-state index contributed by atoms with van der Waals surface area (Å²) in [5.74, 6) is -0.488. The van der Waals surface area contributed by atoms with Crippen molar-refractivity contribution in [2.24, 2.45) is 0 Å². The van der Waals surface area contributed by atoms with Crippen LogP contribution in [0.3, 0.4) is 0 Å². The fourth-order valence-electron chi connectivity index (χ4n) is 10.1. The summed E-state index contributed by atoms with van der Waals surface area (Å²) < 4.78 is 30.8. The van der Waals surface area contributed by atoms with E-state index in [1.807, 2.05) is 33.3 Å². The first kappa shape index (κ1) is 76.2. The molecule has 460 valence electrons. The van der Waals surface area contributed by atoms with Crippen molar-refractivity contribution in [1.29, 1.82) is 0 Å². The second-order valence-electron chi connectivity index (χ2n) is 24.4. The number of hydrogen-bond acceptors (Lipinski definition) is 6. The predicted octanol–water partition coefficient (Wildman–Crippen LogP) is 21.1. The molecule has 0 aromatic rings. The van der Waals surface area contributed by atoms with Crippen LogP contribution in [0.5, 0.6) is 0 Å². The number of rotatable bonds is 62. The maximum Gasteiger partial charge on any atom is 0.472 e. The lowest BCUT2D eigenvalue weighted by Crippen LogP contribution is -2.47. The molecule has 0 heterocycles. The van der Waals surface area contributed by atoms with Crippen molar-refractivity contribution in [3.05, 3.63) is 36.5 Å². The second-order valence-corrected chi connectivity index (χ2v) is 25.8. The predicted molar refractivity (Wildman–Crippen MR) is 337 cm³/mol. The Morgan fingerprint density at radius 2 is 0.782 bits per heavy atom. The van der Waals surface area contributed by atoms with Gasteiger partial charge in [0, 0.05) is 12.8 Å². The van der Waals surface area contributed by atoms with Gasteiger partial charge in [0.25, 0.3) is 0 Å². The molecular formula is C68H132N2O7P+. The lowest BCUT2D eigenvalue weighted by atomic mass is 10.0. The van der Waals surface area contributed by atoms with Crippen LogP contribution in [0.4, 0.5) is 0 Å². The molecule has 0 spiro atoms. The zero-order valence-corrected chi connectivity index (χ0v) is 53.6. The first-order valence-corrected chi connectivity index (χ1v) is 35.3. The molecule has 0 radical (unpaired) electrons. The third kappa shape index (κ3) is 58.9. The van der Waals surface area contributed by atoms with Crippen LogP contribution in [0, 0.1) is 0 Å². The quantitative estimate of drug-likeness (QED) is 0.0205. The van der Waals surface area contributed by atoms with E-state index in [1.165, 1.54) is 238 Å². The lowest BCUT2D eigenvalue weighted by Gasteiger charge is -2.27. The molecule has 3 atom stereocenters. The average molecular weight is 1120 g/mol. The Kier molecular flexibility index (Phi) is 57.1. The van der Waals surface area contributed by atoms with E-state index < -0.39 is 20.0 Å². The number of nitrogens with one attached hydrogen (secondary N) is 1. The standard InChI is InChI=1S/C68H131N2O7P/c1-7-10-13-16-19-22-25-27-29-31-32-33-34-35-36-37-38-39-41-43-46-49-52-55-58-61-68(72)77-66(59-56-53-50-47-44-24-21-18-15-12-9-3)65(64-76-78(73,74)75-63-62-70(4,5)6)69-67(71)60-57-54-51-48-45-42-40-30-28-26-23-20-17-14-11-8-2/h19,22,27,29,56,59,65-66H,7-18,20-21,23-26,28,30-55,57-58,60-64H2,1-6H3,(H-,69,71,73,74)/p+1/b22-19-,29-27-,59-56+. The fraction of sp³-hybridized carbons (Fsp3) is 0.882. The number of hydrogen-bond donors (Lipinski definition) is 2. The van der Waals surface area contributed by atoms with E-state index in [4.69, 9.17) is 13.8 Å². The van der Waals surface area contributed by atoms with Crippen LogP contribution in [-0.4, -0.2) is 74.3 Å². The van der Waals surface area contributed by atoms with Crippen molar-refractivity contribution in [3.8, 4) is 0 Å². The summed E-state index contributed by atoms with van der Waals surface area (Å²) in [6.07, 6.45) is 71.5. The number of phosphoric acid groups is 1. The summed E-state index contributed by atoms with van der Waals surface area (Å²) in [6.45, 7) is 7.03. The number of phosphoric ester groups is 1. The molecule has 78 heavy (non-hydrogen) atoms. The van der Waals surface area contributed by atoms with E-state index in [0.29, 0.717) is 23.9 Å². The highest BCUT2D eigenvalue weighted by molar-refractivity contribution is 7.47. The van der Waals surface area contributed by atoms with Gasteiger partial charge >= 0.3 is 13.8 Å². The maximum atomic E-state index is 13.6. The number of unbranched alkanes of at least 4 members (excludes halogenated alkanes) is 42. The molecule has 0 aromatic heterocycles. The molecule has 0 aliphatic carbocycles. The molecule has 0 aromatic carbocycles. The molecule has 3 unspecified atom stereocenters. The fourth-order valence-corrected chi connectivity index (χ4v) is 10.8. The molecule has 10 heteroatoms. The van der Waals surface area contributed by atoms with E-state index in [0.717, 1.165) is 64.2 Å². The van der Waals surface area contributed by atoms with E-state index in [9.17, 15) is 19.0 Å². The average Bonchev–Trinajstić information content (AvgIpc) is 3.41. The zero-order chi connectivity index (χ0) is 57.2. The monoisotopic (exact) mass is 1120 g/mol. The minimum Gasteiger partial charge on any atom is -0.456 e. The van der Waals surface area contributed by atoms with Gasteiger partial charge in [-0.15, -0.1) is 0 Å². The van der Waals surface area contributed by atoms with Gasteiger partial charge in [0.15, 0.2) is 0 Å². The normalized spacial score (nSPS) is 13.8. The Hall–Kier alpha value is -1.77. The molecular weight excluding hydrogens is 988 g/mol. The number of ether oxygens (including phenoxy) is 1. The summed E-state index contributed by atoms with van der Waals surface area (Å²) in [5, 5.41) is 3.07. The lowest BCUT2D eigenvalue weighted by molar-refractivity contribution is -0.870. The van der Waals surface area contributed by atoms with E-state index in [-0.39, 0.29) is 25.1 Å². The maximum absolute atomic E-state index is 13.6. The Morgan fingerprint density at radius 1 is 0.449 bits per heavy atom. The van der Waals surface area contributed by atoms with Gasteiger partial charge in [-0.2, -0.15) is 0 Å². The molecule has 0 fully saturated rings. The number of amides is 1. The van der Waals surface area contributed by atoms with Crippen molar-refractivity contribution in [1.82, 2.24) is 5.32 Å². The molecule has 0 saturated carbocycles. The molecule has 0 saturated heterocycles. The van der Waals surface area contributed by atoms with Gasteiger partial charge in [0.2, 0.25) is 5.91 Å². The third-order valence-corrected chi connectivity index (χ3v) is 16.3. The van der Waals surface area contributed by atoms with E-state index >= 15 is 0 Å². The number of carbonyl (C=O) groups excluding carboxylic acids is 2. The number of esters is 1. The highest BCUT2D eigenvalue weighted by atomic mass is 31.2. The summed E-state index contributed by atoms with van der Waals surface area (Å²) in [6, 6.07) is -0.843. The molecule has 2 N–H and O–H groups in total. The number of likely N-dealkylation sites (N-methyl/N-ethyl adjacent to an activating group) is 1. The number of nitrogens with zero attached hydrogens (tertiary/aromatic N) is 1. The number of allylic oxidation sites excluding steroid dienone is 5. The van der Waals surface area contributed by atoms with Gasteiger partial charge in [-0.3, -0.25) is 18.6 Å². The van der Waals surface area contributed by atoms with Crippen LogP contribution in [0.2, 0.25) is 0 Å². The number of carbonyl (C=O) groups is 2. The summed E-state index contributed by atoms with van der Waals surface area (Å²) >= 11 is 0. The highest BCUT2D eigenvalue weighted by Gasteiger charge is 2.30. The highest BCUT2D eigenvalue weighted by Crippen LogP contribution is 2.43. The SMILES string of the molecule is CCCCC/C=C\C/C=C\CCCCCCCCCCCCCCCCCC(=O)OC(/C=C/CCCCCCCCCCC)C(COP(=O)(O)OCC[N+](C)(C)C)NC(=O)CCCCCCCCCCCCCCCCCC. The second kappa shape index (κ2) is 58.4. The van der Waals surface area contributed by atoms with Crippen molar-refractivity contribution < 1.29 is 37.3 Å². The van der Waals surface area contributed by atoms with Crippen molar-refractivity contribution in [3.63, 3.8) is 0 Å². The third-order valence-electron chi connectivity index (χ3n) is 15.3. The van der Waals surface area contributed by atoms with Crippen molar-refractivity contribution in [2.45, 2.75) is 348 Å². The topological polar surface area (TPSA) is 111 Å². The molecule has 0 rings (SSSR count). The van der Waals surface area contributed by atoms with Crippen LogP contribution >= 0.6 is 7.82 Å². The molecule has 1 amide bonds. The van der Waals surface area contributed by atoms with Crippen LogP contribution in [0.15, 0.2) is 36.5 Å². The van der Waals surface area contributed by atoms with Gasteiger partial charge in [-0.05, 0) is 63.9 Å². The minimum absolute atomic E-state index is 0.0435. The molecule has 9 nitrogen and oxygen atoms in total. The van der Waals surface area contributed by atoms with Gasteiger partial charge in [0.1, 0.15) is 19.3 Å². The van der Waals surface area contributed by atoms with Crippen LogP contribution < -0.4 is 5.32 Å². The summed E-state index contributed by atoms with van der Waals surface area (Å²) in [4.78, 5) is 37.8. The van der Waals surface area contributed by atoms with Crippen LogP contribution in [-0.2, 0) is 27.9 Å². The van der Waals surface area contributed by atoms with E-state index in [2.05, 4.69) is 50.4 Å². The minimum atomic E-state index is -4.44. The summed E-state index contributed by atoms with van der Waals surface area (Å²) in [7, 11) is 1.51. The first-order valence-electron chi connectivity index (χ1n) is 33.8. The van der Waals surface area contributed by atoms with Gasteiger partial charge in [-0.1, -0.05) is 295 Å². The Bertz CT molecular complexity index is 1430. The van der Waals surface area contributed by atoms with Gasteiger partial charge in [0.05, 0.1) is 33.8 Å². The Morgan fingerprint density at radius 3 is 1.18 bits per heavy atom. The Balaban J connectivity index is 5.01. The van der Waals surface area contributed by atoms with E-state index in [1.54, 1.807) is 0 Å². The van der Waals surface area contributed by atoms with Crippen LogP contribution in [0.1, 0.15) is 335 Å². The molecule has 0 aliphatic heterocycles. The zero-order valence-electron chi connectivity index (χ0n) is 52.7. The molecule has 0 bridgehead atoms. The molecule has 0 aliphatic rings. The van der Waals surface area contributed by atoms with Crippen molar-refractivity contribution in [2.75, 3.05) is 40.9 Å². The smallest absolute Gasteiger partial charge is 0.456 e. The van der Waals surface area contributed by atoms with Crippen LogP contribution in [0.25, 0.3) is 0 Å². The van der Waals surface area contributed by atoms with Crippen molar-refractivity contribution >= 4 is 19.7 Å². The van der Waals surface area contributed by atoms with Gasteiger partial charge in [-0.25, -0.2) is 4.57 Å². The summed E-state index contributed by atoms with van der Waals surface area (Å²) in [5.41, 5.74) is 0. The first-order chi connectivity index (χ1) is 37.9. The Labute approximate surface area is 485 Å². The largest absolute Gasteiger partial charge is 0.472 e. The van der Waals surface area contributed by atoms with Gasteiger partial charge < -0.3 is 19.4 Å². The number of quaternary nitrogens is 1.